The number of nitrogens with one attached hydrogen (secondary N) is 1. The van der Waals surface area contributed by atoms with E-state index in [9.17, 15) is 9.59 Å². The quantitative estimate of drug-likeness (QED) is 0.751. The molecule has 0 saturated heterocycles. The Morgan fingerprint density at radius 2 is 2.00 bits per heavy atom. The average molecular weight is 201 g/mol. The molecule has 4 nitrogen and oxygen atoms in total. The second-order valence-electron chi connectivity index (χ2n) is 4.01. The summed E-state index contributed by atoms with van der Waals surface area (Å²) in [7, 11) is 1.30. The Bertz CT molecular complexity index is 239. The van der Waals surface area contributed by atoms with Crippen molar-refractivity contribution in [3.63, 3.8) is 0 Å². The number of carbonyl (C=O) groups is 2. The van der Waals surface area contributed by atoms with Gasteiger partial charge in [0, 0.05) is 7.34 Å². The molecule has 0 radical (unpaired) electrons. The van der Waals surface area contributed by atoms with Crippen molar-refractivity contribution >= 4 is 11.9 Å². The molecule has 14 heavy (non-hydrogen) atoms. The molecule has 1 fully saturated rings. The average Bonchev–Trinajstić information content (AvgIpc) is 2.95. The molecule has 0 spiro atoms. The summed E-state index contributed by atoms with van der Waals surface area (Å²) in [6.07, 6.45) is 1.52. The van der Waals surface area contributed by atoms with E-state index in [2.05, 4.69) is 10.1 Å². The standard InChI is InChI=1S/C10H17NO3.H2/c1-6(2)9(12)8(7-4-5-7)11-10(13)14-3;/h6-8H,4-5H2,1-3H3,(H,11,13);1H. The topological polar surface area (TPSA) is 55.4 Å². The minimum Gasteiger partial charge on any atom is -0.453 e. The second-order valence-corrected chi connectivity index (χ2v) is 4.01. The predicted octanol–water partition coefficient (Wildman–Crippen LogP) is 1.59. The molecule has 1 aliphatic rings. The Balaban J connectivity index is 0.00000196. The van der Waals surface area contributed by atoms with Crippen LogP contribution in [0.5, 0.6) is 0 Å². The van der Waals surface area contributed by atoms with Crippen LogP contribution in [0.25, 0.3) is 0 Å². The first-order valence-corrected chi connectivity index (χ1v) is 4.94. The summed E-state index contributed by atoms with van der Waals surface area (Å²) in [4.78, 5) is 22.7. The van der Waals surface area contributed by atoms with Crippen molar-refractivity contribution in [1.29, 1.82) is 0 Å². The number of Topliss-reactive ketones (excluding diaryl/α,β-unsaturated/α-hetero) is 1. The summed E-state index contributed by atoms with van der Waals surface area (Å²) in [5.74, 6) is 0.375. The normalized spacial score (nSPS) is 17.7. The number of ketones is 1. The highest BCUT2D eigenvalue weighted by molar-refractivity contribution is 5.89. The maximum atomic E-state index is 11.7. The summed E-state index contributed by atoms with van der Waals surface area (Å²) >= 11 is 0. The lowest BCUT2D eigenvalue weighted by Gasteiger charge is -2.17. The smallest absolute Gasteiger partial charge is 0.407 e. The van der Waals surface area contributed by atoms with Gasteiger partial charge in [0.05, 0.1) is 13.2 Å². The number of carbonyl (C=O) groups excluding carboxylic acids is 2. The van der Waals surface area contributed by atoms with Gasteiger partial charge < -0.3 is 10.1 Å². The molecule has 0 aromatic rings. The number of ether oxygens (including phenoxy) is 1. The van der Waals surface area contributed by atoms with Gasteiger partial charge in [0.2, 0.25) is 0 Å². The molecule has 0 aromatic carbocycles. The minimum atomic E-state index is -0.518. The molecule has 0 heterocycles. The van der Waals surface area contributed by atoms with Gasteiger partial charge in [-0.15, -0.1) is 0 Å². The fourth-order valence-corrected chi connectivity index (χ4v) is 1.40. The van der Waals surface area contributed by atoms with Crippen molar-refractivity contribution in [1.82, 2.24) is 5.32 Å². The Hall–Kier alpha value is -1.06. The van der Waals surface area contributed by atoms with E-state index in [4.69, 9.17) is 0 Å². The third-order valence-corrected chi connectivity index (χ3v) is 2.43. The number of amides is 1. The Labute approximate surface area is 85.5 Å². The Morgan fingerprint density at radius 3 is 2.36 bits per heavy atom. The molecule has 82 valence electrons. The Morgan fingerprint density at radius 1 is 1.43 bits per heavy atom. The third-order valence-electron chi connectivity index (χ3n) is 2.43. The molecule has 1 amide bonds. The molecule has 1 saturated carbocycles. The van der Waals surface area contributed by atoms with Crippen LogP contribution in [0.1, 0.15) is 28.1 Å². The highest BCUT2D eigenvalue weighted by Gasteiger charge is 2.38. The van der Waals surface area contributed by atoms with Crippen LogP contribution in [-0.2, 0) is 9.53 Å². The summed E-state index contributed by atoms with van der Waals surface area (Å²) in [6, 6.07) is -0.345. The third kappa shape index (κ3) is 2.72. The van der Waals surface area contributed by atoms with Crippen LogP contribution in [0, 0.1) is 11.8 Å². The van der Waals surface area contributed by atoms with Crippen LogP contribution in [0.4, 0.5) is 4.79 Å². The molecule has 0 aromatic heterocycles. The molecule has 1 atom stereocenters. The van der Waals surface area contributed by atoms with Crippen molar-refractivity contribution in [3.8, 4) is 0 Å². The van der Waals surface area contributed by atoms with Gasteiger partial charge in [-0.05, 0) is 18.8 Å². The summed E-state index contributed by atoms with van der Waals surface area (Å²) in [5.41, 5.74) is 0. The lowest BCUT2D eigenvalue weighted by Crippen LogP contribution is -2.44. The molecule has 1 unspecified atom stereocenters. The van der Waals surface area contributed by atoms with Crippen molar-refractivity contribution in [2.45, 2.75) is 32.7 Å². The van der Waals surface area contributed by atoms with Crippen LogP contribution in [0.3, 0.4) is 0 Å². The Kier molecular flexibility index (Phi) is 3.49. The summed E-state index contributed by atoms with van der Waals surface area (Å²) < 4.78 is 4.49. The van der Waals surface area contributed by atoms with E-state index in [1.165, 1.54) is 7.11 Å². The van der Waals surface area contributed by atoms with Gasteiger partial charge in [0.1, 0.15) is 0 Å². The molecule has 1 rings (SSSR count). The molecular weight excluding hydrogens is 182 g/mol. The monoisotopic (exact) mass is 201 g/mol. The van der Waals surface area contributed by atoms with Gasteiger partial charge in [-0.2, -0.15) is 0 Å². The molecule has 1 N–H and O–H groups in total. The van der Waals surface area contributed by atoms with Crippen molar-refractivity contribution in [2.24, 2.45) is 11.8 Å². The zero-order valence-electron chi connectivity index (χ0n) is 8.87. The minimum absolute atomic E-state index is 0. The zero-order chi connectivity index (χ0) is 10.7. The summed E-state index contributed by atoms with van der Waals surface area (Å²) in [6.45, 7) is 3.69. The van der Waals surface area contributed by atoms with Crippen LogP contribution in [0.15, 0.2) is 0 Å². The highest BCUT2D eigenvalue weighted by atomic mass is 16.5. The van der Waals surface area contributed by atoms with E-state index in [1.807, 2.05) is 13.8 Å². The van der Waals surface area contributed by atoms with Gasteiger partial charge in [0.15, 0.2) is 5.78 Å². The van der Waals surface area contributed by atoms with Gasteiger partial charge in [-0.1, -0.05) is 13.8 Å². The first-order chi connectivity index (χ1) is 6.56. The largest absolute Gasteiger partial charge is 0.453 e. The maximum absolute atomic E-state index is 11.7. The van der Waals surface area contributed by atoms with Gasteiger partial charge in [-0.25, -0.2) is 4.79 Å². The molecular formula is C10H19NO3. The van der Waals surface area contributed by atoms with Crippen LogP contribution < -0.4 is 5.32 Å². The van der Waals surface area contributed by atoms with E-state index in [1.54, 1.807) is 0 Å². The fourth-order valence-electron chi connectivity index (χ4n) is 1.40. The molecule has 1 aliphatic carbocycles. The van der Waals surface area contributed by atoms with Gasteiger partial charge >= 0.3 is 6.09 Å². The zero-order valence-corrected chi connectivity index (χ0v) is 8.87. The second kappa shape index (κ2) is 4.44. The van der Waals surface area contributed by atoms with Gasteiger partial charge in [0.25, 0.3) is 0 Å². The van der Waals surface area contributed by atoms with Crippen LogP contribution >= 0.6 is 0 Å². The fraction of sp³-hybridized carbons (Fsp3) is 0.800. The number of rotatable bonds is 4. The molecule has 4 heteroatoms. The number of methoxy groups -OCH3 is 1. The van der Waals surface area contributed by atoms with Crippen molar-refractivity contribution in [2.75, 3.05) is 7.11 Å². The van der Waals surface area contributed by atoms with E-state index >= 15 is 0 Å². The number of alkyl carbamates (subject to hydrolysis) is 1. The first kappa shape index (κ1) is 11.0. The van der Waals surface area contributed by atoms with Crippen molar-refractivity contribution < 1.29 is 15.8 Å². The van der Waals surface area contributed by atoms with Crippen LogP contribution in [-0.4, -0.2) is 25.0 Å². The SMILES string of the molecule is COC(=O)NC(C(=O)C(C)C)C1CC1.[HH]. The lowest BCUT2D eigenvalue weighted by atomic mass is 9.98. The van der Waals surface area contributed by atoms with E-state index in [0.717, 1.165) is 12.8 Å². The maximum Gasteiger partial charge on any atom is 0.407 e. The number of hydrogen-bond donors (Lipinski definition) is 1. The van der Waals surface area contributed by atoms with E-state index in [-0.39, 0.29) is 19.2 Å². The summed E-state index contributed by atoms with van der Waals surface area (Å²) in [5, 5.41) is 2.60. The highest BCUT2D eigenvalue weighted by Crippen LogP contribution is 2.34. The van der Waals surface area contributed by atoms with E-state index in [0.29, 0.717) is 5.92 Å². The lowest BCUT2D eigenvalue weighted by molar-refractivity contribution is -0.124. The van der Waals surface area contributed by atoms with E-state index < -0.39 is 6.09 Å². The van der Waals surface area contributed by atoms with Crippen LogP contribution in [0.2, 0.25) is 0 Å². The van der Waals surface area contributed by atoms with Gasteiger partial charge in [-0.3, -0.25) is 4.79 Å². The molecule has 0 bridgehead atoms. The first-order valence-electron chi connectivity index (χ1n) is 4.94. The molecule has 0 aliphatic heterocycles. The van der Waals surface area contributed by atoms with Crippen molar-refractivity contribution in [3.05, 3.63) is 0 Å². The number of hydrogen-bond acceptors (Lipinski definition) is 3. The predicted molar refractivity (Wildman–Crippen MR) is 54.0 cm³/mol.